The van der Waals surface area contributed by atoms with Gasteiger partial charge in [0.2, 0.25) is 0 Å². The third-order valence-electron chi connectivity index (χ3n) is 4.50. The monoisotopic (exact) mass is 503 g/mol. The number of aromatic nitrogens is 1. The Kier molecular flexibility index (Phi) is 7.95. The van der Waals surface area contributed by atoms with Crippen LogP contribution in [-0.2, 0) is 12.7 Å². The van der Waals surface area contributed by atoms with E-state index in [-0.39, 0.29) is 30.5 Å². The van der Waals surface area contributed by atoms with Gasteiger partial charge in [0.15, 0.2) is 11.7 Å². The maximum atomic E-state index is 12.6. The van der Waals surface area contributed by atoms with E-state index < -0.39 is 11.9 Å². The van der Waals surface area contributed by atoms with E-state index in [1.165, 1.54) is 25.8 Å². The van der Waals surface area contributed by atoms with Gasteiger partial charge in [0, 0.05) is 31.1 Å². The third-order valence-corrected chi connectivity index (χ3v) is 5.33. The summed E-state index contributed by atoms with van der Waals surface area (Å²) < 4.78 is 37.8. The van der Waals surface area contributed by atoms with Crippen molar-refractivity contribution in [2.45, 2.75) is 44.9 Å². The van der Waals surface area contributed by atoms with Gasteiger partial charge in [-0.15, -0.1) is 35.3 Å². The molecule has 148 valence electrons. The molecule has 1 saturated carbocycles. The van der Waals surface area contributed by atoms with Gasteiger partial charge in [-0.05, 0) is 38.6 Å². The molecule has 0 amide bonds. The average Bonchev–Trinajstić information content (AvgIpc) is 3.10. The van der Waals surface area contributed by atoms with E-state index in [4.69, 9.17) is 0 Å². The minimum atomic E-state index is -4.39. The molecule has 0 spiro atoms. The van der Waals surface area contributed by atoms with Crippen LogP contribution in [0, 0.1) is 5.92 Å². The normalized spacial score (nSPS) is 21.5. The number of nitrogens with one attached hydrogen (secondary N) is 2. The number of guanidine groups is 1. The van der Waals surface area contributed by atoms with Crippen molar-refractivity contribution in [2.24, 2.45) is 10.9 Å². The van der Waals surface area contributed by atoms with Gasteiger partial charge in [-0.2, -0.15) is 13.2 Å². The van der Waals surface area contributed by atoms with Crippen LogP contribution in [0.5, 0.6) is 0 Å². The lowest BCUT2D eigenvalue weighted by molar-refractivity contribution is -0.140. The van der Waals surface area contributed by atoms with Crippen molar-refractivity contribution in [3.8, 4) is 0 Å². The molecule has 2 fully saturated rings. The van der Waals surface area contributed by atoms with Gasteiger partial charge < -0.3 is 15.5 Å². The second kappa shape index (κ2) is 9.54. The minimum Gasteiger partial charge on any atom is -0.357 e. The first-order valence-electron chi connectivity index (χ1n) is 8.73. The van der Waals surface area contributed by atoms with Crippen molar-refractivity contribution in [1.82, 2.24) is 20.5 Å². The number of aliphatic imine (C=N–C) groups is 1. The molecule has 5 nitrogen and oxygen atoms in total. The SMILES string of the molecule is CCNC(=NCc1nc(C(F)(F)F)cs1)NCC1CCN(C2CC2)C1.I. The summed E-state index contributed by atoms with van der Waals surface area (Å²) in [6, 6.07) is 0.805. The predicted molar refractivity (Wildman–Crippen MR) is 108 cm³/mol. The zero-order valence-corrected chi connectivity index (χ0v) is 17.8. The number of likely N-dealkylation sites (tertiary alicyclic amines) is 1. The molecule has 1 aliphatic heterocycles. The number of nitrogens with zero attached hydrogens (tertiary/aromatic N) is 3. The van der Waals surface area contributed by atoms with E-state index in [2.05, 4.69) is 25.5 Å². The Morgan fingerprint density at radius 3 is 2.73 bits per heavy atom. The Morgan fingerprint density at radius 1 is 1.35 bits per heavy atom. The second-order valence-electron chi connectivity index (χ2n) is 6.58. The van der Waals surface area contributed by atoms with Crippen molar-refractivity contribution in [2.75, 3.05) is 26.2 Å². The van der Waals surface area contributed by atoms with E-state index >= 15 is 0 Å². The number of halogens is 4. The van der Waals surface area contributed by atoms with Crippen molar-refractivity contribution in [3.63, 3.8) is 0 Å². The number of hydrogen-bond donors (Lipinski definition) is 2. The molecule has 0 bridgehead atoms. The Labute approximate surface area is 172 Å². The topological polar surface area (TPSA) is 52.6 Å². The Balaban J connectivity index is 0.00000243. The fourth-order valence-corrected chi connectivity index (χ4v) is 3.77. The number of thiazole rings is 1. The van der Waals surface area contributed by atoms with Gasteiger partial charge in [0.1, 0.15) is 5.01 Å². The van der Waals surface area contributed by atoms with Gasteiger partial charge in [-0.25, -0.2) is 9.98 Å². The Morgan fingerprint density at radius 2 is 2.12 bits per heavy atom. The van der Waals surface area contributed by atoms with Crippen LogP contribution < -0.4 is 10.6 Å². The summed E-state index contributed by atoms with van der Waals surface area (Å²) in [5.74, 6) is 1.23. The molecule has 1 saturated heterocycles. The highest BCUT2D eigenvalue weighted by Gasteiger charge is 2.34. The zero-order valence-electron chi connectivity index (χ0n) is 14.7. The van der Waals surface area contributed by atoms with Gasteiger partial charge in [-0.3, -0.25) is 0 Å². The predicted octanol–water partition coefficient (Wildman–Crippen LogP) is 3.32. The molecule has 1 aliphatic carbocycles. The average molecular weight is 503 g/mol. The maximum absolute atomic E-state index is 12.6. The summed E-state index contributed by atoms with van der Waals surface area (Å²) >= 11 is 0.990. The molecule has 2 heterocycles. The fraction of sp³-hybridized carbons (Fsp3) is 0.750. The summed E-state index contributed by atoms with van der Waals surface area (Å²) in [5, 5.41) is 7.86. The quantitative estimate of drug-likeness (QED) is 0.356. The molecule has 1 atom stereocenters. The molecule has 3 rings (SSSR count). The van der Waals surface area contributed by atoms with Gasteiger partial charge in [0.05, 0.1) is 6.54 Å². The molecule has 0 aromatic carbocycles. The first kappa shape index (κ1) is 21.7. The van der Waals surface area contributed by atoms with Crippen LogP contribution in [0.2, 0.25) is 0 Å². The number of rotatable bonds is 6. The van der Waals surface area contributed by atoms with Crippen molar-refractivity contribution >= 4 is 41.3 Å². The highest BCUT2D eigenvalue weighted by Crippen LogP contribution is 2.31. The standard InChI is InChI=1S/C16H24F3N5S.HI/c1-2-20-15(21-7-11-5-6-24(9-11)12-3-4-12)22-8-14-23-13(10-25-14)16(17,18)19;/h10-12H,2-9H2,1H3,(H2,20,21,22);1H. The first-order chi connectivity index (χ1) is 12.0. The van der Waals surface area contributed by atoms with Crippen LogP contribution in [0.15, 0.2) is 10.4 Å². The zero-order chi connectivity index (χ0) is 17.9. The van der Waals surface area contributed by atoms with Gasteiger partial charge in [0.25, 0.3) is 0 Å². The molecule has 1 aromatic heterocycles. The lowest BCUT2D eigenvalue weighted by Crippen LogP contribution is -2.40. The van der Waals surface area contributed by atoms with Crippen LogP contribution >= 0.6 is 35.3 Å². The smallest absolute Gasteiger partial charge is 0.357 e. The highest BCUT2D eigenvalue weighted by atomic mass is 127. The summed E-state index contributed by atoms with van der Waals surface area (Å²) in [5.41, 5.74) is -0.841. The van der Waals surface area contributed by atoms with E-state index in [1.807, 2.05) is 6.92 Å². The van der Waals surface area contributed by atoms with Crippen molar-refractivity contribution in [1.29, 1.82) is 0 Å². The number of alkyl halides is 3. The molecular weight excluding hydrogens is 478 g/mol. The molecule has 1 unspecified atom stereocenters. The largest absolute Gasteiger partial charge is 0.434 e. The second-order valence-corrected chi connectivity index (χ2v) is 7.52. The van der Waals surface area contributed by atoms with Crippen LogP contribution in [0.25, 0.3) is 0 Å². The van der Waals surface area contributed by atoms with Crippen LogP contribution in [0.3, 0.4) is 0 Å². The minimum absolute atomic E-state index is 0. The van der Waals surface area contributed by atoms with Crippen molar-refractivity contribution in [3.05, 3.63) is 16.1 Å². The Hall–Kier alpha value is -0.620. The van der Waals surface area contributed by atoms with E-state index in [1.54, 1.807) is 0 Å². The molecule has 26 heavy (non-hydrogen) atoms. The summed E-state index contributed by atoms with van der Waals surface area (Å²) in [6.45, 7) is 5.95. The molecule has 2 N–H and O–H groups in total. The lowest BCUT2D eigenvalue weighted by atomic mass is 10.1. The molecule has 1 aromatic rings. The maximum Gasteiger partial charge on any atom is 0.434 e. The van der Waals surface area contributed by atoms with Gasteiger partial charge >= 0.3 is 6.18 Å². The van der Waals surface area contributed by atoms with Crippen LogP contribution in [0.1, 0.15) is 36.9 Å². The lowest BCUT2D eigenvalue weighted by Gasteiger charge is -2.16. The summed E-state index contributed by atoms with van der Waals surface area (Å²) in [6.07, 6.45) is -0.544. The molecular formula is C16H25F3IN5S. The van der Waals surface area contributed by atoms with E-state index in [9.17, 15) is 13.2 Å². The van der Waals surface area contributed by atoms with E-state index in [0.717, 1.165) is 35.8 Å². The van der Waals surface area contributed by atoms with Gasteiger partial charge in [-0.1, -0.05) is 0 Å². The molecule has 2 aliphatic rings. The first-order valence-corrected chi connectivity index (χ1v) is 9.61. The third kappa shape index (κ3) is 6.22. The summed E-state index contributed by atoms with van der Waals surface area (Å²) in [7, 11) is 0. The van der Waals surface area contributed by atoms with Crippen molar-refractivity contribution < 1.29 is 13.2 Å². The highest BCUT2D eigenvalue weighted by molar-refractivity contribution is 14.0. The fourth-order valence-electron chi connectivity index (χ4n) is 3.04. The Bertz CT molecular complexity index is 603. The summed E-state index contributed by atoms with van der Waals surface area (Å²) in [4.78, 5) is 10.5. The van der Waals surface area contributed by atoms with E-state index in [0.29, 0.717) is 23.4 Å². The number of hydrogen-bond acceptors (Lipinski definition) is 4. The van der Waals surface area contributed by atoms with Crippen LogP contribution in [-0.4, -0.2) is 48.1 Å². The van der Waals surface area contributed by atoms with Crippen LogP contribution in [0.4, 0.5) is 13.2 Å². The molecule has 0 radical (unpaired) electrons. The molecule has 10 heteroatoms.